The summed E-state index contributed by atoms with van der Waals surface area (Å²) in [5.74, 6) is 0.298. The highest BCUT2D eigenvalue weighted by molar-refractivity contribution is 8.01. The largest absolute Gasteiger partial charge is 0.462 e. The molecule has 25 heavy (non-hydrogen) atoms. The molecule has 8 heteroatoms. The number of thiazole rings is 1. The van der Waals surface area contributed by atoms with Crippen molar-refractivity contribution in [3.8, 4) is 10.6 Å². The zero-order chi connectivity index (χ0) is 18.4. The molecule has 0 radical (unpaired) electrons. The molecule has 1 unspecified atom stereocenters. The summed E-state index contributed by atoms with van der Waals surface area (Å²) in [6.07, 6.45) is -0.422. The minimum absolute atomic E-state index is 0.00417. The van der Waals surface area contributed by atoms with Gasteiger partial charge in [-0.05, 0) is 39.8 Å². The second-order valence-electron chi connectivity index (χ2n) is 6.48. The molecule has 2 N–H and O–H groups in total. The number of carbonyl (C=O) groups excluding carboxylic acids is 1. The third kappa shape index (κ3) is 6.71. The standard InChI is InChI=1S/C17H24N2O3S3/c1-5-22-15(21)14-7-6-13(25-14)12-10-24-16(19-12)23-9-11(20)8-18-17(2,3)4/h6-7,10-11,18,20H,5,8-9H2,1-4H3. The van der Waals surface area contributed by atoms with Crippen LogP contribution in [0.5, 0.6) is 0 Å². The Bertz CT molecular complexity index is 691. The lowest BCUT2D eigenvalue weighted by atomic mass is 10.1. The molecule has 2 aromatic heterocycles. The topological polar surface area (TPSA) is 71.5 Å². The molecule has 1 atom stereocenters. The predicted molar refractivity (Wildman–Crippen MR) is 106 cm³/mol. The molecule has 2 aromatic rings. The molecule has 0 spiro atoms. The van der Waals surface area contributed by atoms with Gasteiger partial charge in [0.05, 0.1) is 23.3 Å². The van der Waals surface area contributed by atoms with Crippen LogP contribution in [0.25, 0.3) is 10.6 Å². The molecule has 0 aliphatic carbocycles. The molecule has 0 aliphatic heterocycles. The molecule has 2 heterocycles. The van der Waals surface area contributed by atoms with E-state index in [1.165, 1.54) is 11.3 Å². The Morgan fingerprint density at radius 1 is 1.44 bits per heavy atom. The van der Waals surface area contributed by atoms with E-state index >= 15 is 0 Å². The van der Waals surface area contributed by atoms with Crippen molar-refractivity contribution in [2.24, 2.45) is 0 Å². The number of hydrogen-bond donors (Lipinski definition) is 2. The van der Waals surface area contributed by atoms with Crippen LogP contribution in [0.3, 0.4) is 0 Å². The third-order valence-corrected chi connectivity index (χ3v) is 6.34. The number of hydrogen-bond acceptors (Lipinski definition) is 8. The quantitative estimate of drug-likeness (QED) is 0.517. The zero-order valence-electron chi connectivity index (χ0n) is 14.9. The Morgan fingerprint density at radius 2 is 2.20 bits per heavy atom. The summed E-state index contributed by atoms with van der Waals surface area (Å²) in [6, 6.07) is 3.66. The van der Waals surface area contributed by atoms with E-state index in [-0.39, 0.29) is 11.5 Å². The van der Waals surface area contributed by atoms with Crippen molar-refractivity contribution in [1.29, 1.82) is 0 Å². The summed E-state index contributed by atoms with van der Waals surface area (Å²) in [5, 5.41) is 15.3. The maximum Gasteiger partial charge on any atom is 0.348 e. The van der Waals surface area contributed by atoms with E-state index < -0.39 is 6.10 Å². The molecule has 138 valence electrons. The van der Waals surface area contributed by atoms with Gasteiger partial charge in [0.1, 0.15) is 4.88 Å². The Morgan fingerprint density at radius 3 is 2.88 bits per heavy atom. The van der Waals surface area contributed by atoms with Crippen LogP contribution < -0.4 is 5.32 Å². The van der Waals surface area contributed by atoms with E-state index in [1.54, 1.807) is 36.1 Å². The number of nitrogens with one attached hydrogen (secondary N) is 1. The first-order valence-corrected chi connectivity index (χ1v) is 10.8. The summed E-state index contributed by atoms with van der Waals surface area (Å²) >= 11 is 4.48. The lowest BCUT2D eigenvalue weighted by Gasteiger charge is -2.22. The summed E-state index contributed by atoms with van der Waals surface area (Å²) in [7, 11) is 0. The molecule has 0 bridgehead atoms. The van der Waals surface area contributed by atoms with Crippen molar-refractivity contribution in [3.05, 3.63) is 22.4 Å². The maximum atomic E-state index is 11.7. The van der Waals surface area contributed by atoms with Crippen LogP contribution in [0.1, 0.15) is 37.4 Å². The minimum Gasteiger partial charge on any atom is -0.462 e. The number of aromatic nitrogens is 1. The summed E-state index contributed by atoms with van der Waals surface area (Å²) in [5.41, 5.74) is 0.853. The van der Waals surface area contributed by atoms with E-state index in [1.807, 2.05) is 11.4 Å². The van der Waals surface area contributed by atoms with Gasteiger partial charge in [-0.3, -0.25) is 0 Å². The highest BCUT2D eigenvalue weighted by atomic mass is 32.2. The van der Waals surface area contributed by atoms with Crippen molar-refractivity contribution >= 4 is 40.4 Å². The van der Waals surface area contributed by atoms with E-state index in [9.17, 15) is 9.90 Å². The third-order valence-electron chi connectivity index (χ3n) is 3.09. The second-order valence-corrected chi connectivity index (χ2v) is 9.69. The average molecular weight is 401 g/mol. The predicted octanol–water partition coefficient (Wildman–Crippen LogP) is 3.89. The van der Waals surface area contributed by atoms with E-state index in [0.29, 0.717) is 23.8 Å². The highest BCUT2D eigenvalue weighted by Crippen LogP contribution is 2.32. The SMILES string of the molecule is CCOC(=O)c1ccc(-c2csc(SCC(O)CNC(C)(C)C)n2)s1. The minimum atomic E-state index is -0.422. The smallest absolute Gasteiger partial charge is 0.348 e. The van der Waals surface area contributed by atoms with Gasteiger partial charge in [0, 0.05) is 23.2 Å². The van der Waals surface area contributed by atoms with Crippen molar-refractivity contribution in [3.63, 3.8) is 0 Å². The number of esters is 1. The number of rotatable bonds is 8. The van der Waals surface area contributed by atoms with Gasteiger partial charge in [-0.15, -0.1) is 22.7 Å². The molecule has 5 nitrogen and oxygen atoms in total. The Hall–Kier alpha value is -0.930. The second kappa shape index (κ2) is 9.14. The van der Waals surface area contributed by atoms with Crippen molar-refractivity contribution in [2.45, 2.75) is 43.7 Å². The normalized spacial score (nSPS) is 13.0. The van der Waals surface area contributed by atoms with Crippen LogP contribution in [0, 0.1) is 0 Å². The number of thiophene rings is 1. The number of nitrogens with zero attached hydrogens (tertiary/aromatic N) is 1. The Labute approximate surface area is 160 Å². The Kier molecular flexibility index (Phi) is 7.45. The van der Waals surface area contributed by atoms with E-state index in [0.717, 1.165) is 14.9 Å². The summed E-state index contributed by atoms with van der Waals surface area (Å²) in [4.78, 5) is 17.9. The van der Waals surface area contributed by atoms with Crippen molar-refractivity contribution in [2.75, 3.05) is 18.9 Å². The number of carbonyl (C=O) groups is 1. The van der Waals surface area contributed by atoms with Gasteiger partial charge >= 0.3 is 5.97 Å². The first-order chi connectivity index (χ1) is 11.8. The fourth-order valence-electron chi connectivity index (χ4n) is 1.87. The first-order valence-electron chi connectivity index (χ1n) is 8.07. The molecular formula is C17H24N2O3S3. The maximum absolute atomic E-state index is 11.7. The van der Waals surface area contributed by atoms with E-state index in [4.69, 9.17) is 4.74 Å². The monoisotopic (exact) mass is 400 g/mol. The van der Waals surface area contributed by atoms with E-state index in [2.05, 4.69) is 31.1 Å². The molecule has 0 saturated carbocycles. The Balaban J connectivity index is 1.89. The lowest BCUT2D eigenvalue weighted by molar-refractivity contribution is 0.0532. The number of ether oxygens (including phenoxy) is 1. The molecule has 0 fully saturated rings. The van der Waals surface area contributed by atoms with Crippen LogP contribution in [-0.2, 0) is 4.74 Å². The zero-order valence-corrected chi connectivity index (χ0v) is 17.3. The van der Waals surface area contributed by atoms with Gasteiger partial charge in [-0.2, -0.15) is 0 Å². The van der Waals surface area contributed by atoms with Gasteiger partial charge in [-0.25, -0.2) is 9.78 Å². The molecule has 0 aliphatic rings. The fraction of sp³-hybridized carbons (Fsp3) is 0.529. The van der Waals surface area contributed by atoms with Crippen LogP contribution >= 0.6 is 34.4 Å². The van der Waals surface area contributed by atoms with Gasteiger partial charge in [0.15, 0.2) is 4.34 Å². The lowest BCUT2D eigenvalue weighted by Crippen LogP contribution is -2.41. The van der Waals surface area contributed by atoms with Gasteiger partial charge in [0.2, 0.25) is 0 Å². The summed E-state index contributed by atoms with van der Waals surface area (Å²) < 4.78 is 5.92. The number of aliphatic hydroxyl groups excluding tert-OH is 1. The van der Waals surface area contributed by atoms with Crippen LogP contribution in [0.2, 0.25) is 0 Å². The van der Waals surface area contributed by atoms with Gasteiger partial charge < -0.3 is 15.2 Å². The molecule has 0 saturated heterocycles. The van der Waals surface area contributed by atoms with Crippen molar-refractivity contribution < 1.29 is 14.6 Å². The van der Waals surface area contributed by atoms with Gasteiger partial charge in [0.25, 0.3) is 0 Å². The number of β-amino-alcohol motifs (C(OH)–C–C–N with tert-alkyl or cyclic N) is 1. The highest BCUT2D eigenvalue weighted by Gasteiger charge is 2.15. The fourth-order valence-corrected chi connectivity index (χ4v) is 4.59. The molecule has 2 rings (SSSR count). The van der Waals surface area contributed by atoms with Crippen LogP contribution in [-0.4, -0.2) is 46.6 Å². The molecule has 0 amide bonds. The van der Waals surface area contributed by atoms with Crippen LogP contribution in [0.4, 0.5) is 0 Å². The van der Waals surface area contributed by atoms with Gasteiger partial charge in [-0.1, -0.05) is 11.8 Å². The number of thioether (sulfide) groups is 1. The van der Waals surface area contributed by atoms with Crippen LogP contribution in [0.15, 0.2) is 21.9 Å². The average Bonchev–Trinajstić information content (AvgIpc) is 3.19. The number of aliphatic hydroxyl groups is 1. The molecule has 0 aromatic carbocycles. The first kappa shape index (κ1) is 20.4. The van der Waals surface area contributed by atoms with Crippen molar-refractivity contribution in [1.82, 2.24) is 10.3 Å². The summed E-state index contributed by atoms with van der Waals surface area (Å²) in [6.45, 7) is 8.95. The molecular weight excluding hydrogens is 376 g/mol.